The second kappa shape index (κ2) is 7.76. The Balaban J connectivity index is 2.88. The molecule has 1 aromatic rings. The van der Waals surface area contributed by atoms with Crippen molar-refractivity contribution in [3.8, 4) is 0 Å². The number of benzene rings is 1. The van der Waals surface area contributed by atoms with E-state index in [2.05, 4.69) is 4.90 Å². The van der Waals surface area contributed by atoms with Crippen molar-refractivity contribution in [1.82, 2.24) is 0 Å². The van der Waals surface area contributed by atoms with E-state index in [4.69, 9.17) is 14.6 Å². The van der Waals surface area contributed by atoms with Crippen molar-refractivity contribution in [2.75, 3.05) is 45.4 Å². The van der Waals surface area contributed by atoms with Gasteiger partial charge in [-0.3, -0.25) is 0 Å². The lowest BCUT2D eigenvalue weighted by Crippen LogP contribution is -2.30. The van der Waals surface area contributed by atoms with Gasteiger partial charge in [0, 0.05) is 33.0 Å². The van der Waals surface area contributed by atoms with Gasteiger partial charge in [0.05, 0.1) is 18.8 Å². The maximum absolute atomic E-state index is 11.0. The summed E-state index contributed by atoms with van der Waals surface area (Å²) < 4.78 is 10.2. The van der Waals surface area contributed by atoms with Gasteiger partial charge in [-0.2, -0.15) is 0 Å². The summed E-state index contributed by atoms with van der Waals surface area (Å²) in [6, 6.07) is 5.34. The van der Waals surface area contributed by atoms with Crippen LogP contribution in [0.3, 0.4) is 0 Å². The van der Waals surface area contributed by atoms with Gasteiger partial charge in [0.25, 0.3) is 0 Å². The molecule has 5 nitrogen and oxygen atoms in total. The van der Waals surface area contributed by atoms with Gasteiger partial charge in [0.15, 0.2) is 0 Å². The van der Waals surface area contributed by atoms with Gasteiger partial charge in [0.1, 0.15) is 0 Å². The van der Waals surface area contributed by atoms with Gasteiger partial charge in [-0.05, 0) is 30.7 Å². The third kappa shape index (κ3) is 4.54. The molecule has 1 N–H and O–H groups in total. The zero-order chi connectivity index (χ0) is 14.3. The van der Waals surface area contributed by atoms with Crippen LogP contribution >= 0.6 is 0 Å². The monoisotopic (exact) mass is 267 g/mol. The summed E-state index contributed by atoms with van der Waals surface area (Å²) in [5, 5.41) is 9.02. The van der Waals surface area contributed by atoms with Crippen LogP contribution in [0.4, 0.5) is 5.69 Å². The molecule has 0 aromatic heterocycles. The summed E-state index contributed by atoms with van der Waals surface area (Å²) >= 11 is 0. The minimum absolute atomic E-state index is 0.335. The van der Waals surface area contributed by atoms with E-state index in [9.17, 15) is 4.79 Å². The molecule has 0 amide bonds. The quantitative estimate of drug-likeness (QED) is 0.778. The highest BCUT2D eigenvalue weighted by Crippen LogP contribution is 2.19. The van der Waals surface area contributed by atoms with E-state index in [1.54, 1.807) is 27.2 Å². The first kappa shape index (κ1) is 15.5. The summed E-state index contributed by atoms with van der Waals surface area (Å²) in [6.07, 6.45) is 0. The molecule has 0 saturated heterocycles. The Labute approximate surface area is 113 Å². The number of hydrogen-bond donors (Lipinski definition) is 1. The third-order valence-electron chi connectivity index (χ3n) is 2.94. The minimum atomic E-state index is -0.899. The lowest BCUT2D eigenvalue weighted by Gasteiger charge is -2.24. The molecule has 0 atom stereocenters. The Kier molecular flexibility index (Phi) is 6.32. The van der Waals surface area contributed by atoms with Gasteiger partial charge in [-0.15, -0.1) is 0 Å². The summed E-state index contributed by atoms with van der Waals surface area (Å²) in [5.74, 6) is -0.899. The predicted molar refractivity (Wildman–Crippen MR) is 74.1 cm³/mol. The first-order valence-electron chi connectivity index (χ1n) is 6.17. The van der Waals surface area contributed by atoms with Gasteiger partial charge in [-0.25, -0.2) is 4.79 Å². The number of carboxylic acid groups (broad SMARTS) is 1. The standard InChI is InChI=1S/C14H21NO4/c1-11-10-12(4-5-13(11)14(16)17)15(6-8-18-2)7-9-19-3/h4-5,10H,6-9H2,1-3H3,(H,16,17). The van der Waals surface area contributed by atoms with Crippen molar-refractivity contribution in [3.63, 3.8) is 0 Å². The largest absolute Gasteiger partial charge is 0.478 e. The summed E-state index contributed by atoms with van der Waals surface area (Å²) in [5.41, 5.74) is 2.07. The van der Waals surface area contributed by atoms with E-state index in [0.717, 1.165) is 24.3 Å². The zero-order valence-corrected chi connectivity index (χ0v) is 11.7. The molecular formula is C14H21NO4. The average molecular weight is 267 g/mol. The number of methoxy groups -OCH3 is 2. The first-order valence-corrected chi connectivity index (χ1v) is 6.17. The molecule has 5 heteroatoms. The van der Waals surface area contributed by atoms with E-state index in [1.807, 2.05) is 12.1 Å². The van der Waals surface area contributed by atoms with Crippen LogP contribution in [0.1, 0.15) is 15.9 Å². The summed E-state index contributed by atoms with van der Waals surface area (Å²) in [6.45, 7) is 4.52. The molecule has 0 saturated carbocycles. The molecule has 0 unspecified atom stereocenters. The molecule has 0 spiro atoms. The van der Waals surface area contributed by atoms with Crippen LogP contribution in [0.5, 0.6) is 0 Å². The number of carbonyl (C=O) groups is 1. The van der Waals surface area contributed by atoms with E-state index >= 15 is 0 Å². The fraction of sp³-hybridized carbons (Fsp3) is 0.500. The second-order valence-electron chi connectivity index (χ2n) is 4.28. The normalized spacial score (nSPS) is 10.5. The third-order valence-corrected chi connectivity index (χ3v) is 2.94. The maximum Gasteiger partial charge on any atom is 0.335 e. The smallest absolute Gasteiger partial charge is 0.335 e. The molecular weight excluding hydrogens is 246 g/mol. The number of rotatable bonds is 8. The predicted octanol–water partition coefficient (Wildman–Crippen LogP) is 1.79. The van der Waals surface area contributed by atoms with Gasteiger partial charge >= 0.3 is 5.97 Å². The van der Waals surface area contributed by atoms with Crippen LogP contribution in [-0.4, -0.2) is 51.6 Å². The number of ether oxygens (including phenoxy) is 2. The maximum atomic E-state index is 11.0. The lowest BCUT2D eigenvalue weighted by atomic mass is 10.1. The second-order valence-corrected chi connectivity index (χ2v) is 4.28. The average Bonchev–Trinajstić information content (AvgIpc) is 2.38. The molecule has 1 rings (SSSR count). The number of anilines is 1. The zero-order valence-electron chi connectivity index (χ0n) is 11.7. The molecule has 0 aliphatic carbocycles. The number of hydrogen-bond acceptors (Lipinski definition) is 4. The highest BCUT2D eigenvalue weighted by molar-refractivity contribution is 5.89. The van der Waals surface area contributed by atoms with Crippen molar-refractivity contribution < 1.29 is 19.4 Å². The highest BCUT2D eigenvalue weighted by Gasteiger charge is 2.11. The Morgan fingerprint density at radius 1 is 1.21 bits per heavy atom. The van der Waals surface area contributed by atoms with Crippen molar-refractivity contribution in [2.45, 2.75) is 6.92 Å². The fourth-order valence-electron chi connectivity index (χ4n) is 1.86. The Hall–Kier alpha value is -1.59. The van der Waals surface area contributed by atoms with Gasteiger partial charge in [-0.1, -0.05) is 0 Å². The Morgan fingerprint density at radius 2 is 1.79 bits per heavy atom. The molecule has 0 bridgehead atoms. The summed E-state index contributed by atoms with van der Waals surface area (Å²) in [7, 11) is 3.32. The molecule has 1 aromatic carbocycles. The fourth-order valence-corrected chi connectivity index (χ4v) is 1.86. The Morgan fingerprint density at radius 3 is 2.21 bits per heavy atom. The SMILES string of the molecule is COCCN(CCOC)c1ccc(C(=O)O)c(C)c1. The molecule has 106 valence electrons. The molecule has 0 aliphatic rings. The van der Waals surface area contributed by atoms with Crippen molar-refractivity contribution in [1.29, 1.82) is 0 Å². The Bertz CT molecular complexity index is 412. The summed E-state index contributed by atoms with van der Waals surface area (Å²) in [4.78, 5) is 13.1. The number of nitrogens with zero attached hydrogens (tertiary/aromatic N) is 1. The van der Waals surface area contributed by atoms with E-state index in [-0.39, 0.29) is 0 Å². The van der Waals surface area contributed by atoms with Crippen molar-refractivity contribution in [3.05, 3.63) is 29.3 Å². The van der Waals surface area contributed by atoms with E-state index < -0.39 is 5.97 Å². The van der Waals surface area contributed by atoms with Crippen LogP contribution < -0.4 is 4.90 Å². The van der Waals surface area contributed by atoms with Gasteiger partial charge < -0.3 is 19.5 Å². The molecule has 0 fully saturated rings. The minimum Gasteiger partial charge on any atom is -0.478 e. The topological polar surface area (TPSA) is 59.0 Å². The van der Waals surface area contributed by atoms with Crippen LogP contribution in [0.2, 0.25) is 0 Å². The lowest BCUT2D eigenvalue weighted by molar-refractivity contribution is 0.0696. The van der Waals surface area contributed by atoms with E-state index in [1.165, 1.54) is 0 Å². The van der Waals surface area contributed by atoms with Crippen LogP contribution in [0.15, 0.2) is 18.2 Å². The first-order chi connectivity index (χ1) is 9.10. The molecule has 0 radical (unpaired) electrons. The van der Waals surface area contributed by atoms with Crippen LogP contribution in [0.25, 0.3) is 0 Å². The molecule has 0 heterocycles. The van der Waals surface area contributed by atoms with Crippen molar-refractivity contribution in [2.24, 2.45) is 0 Å². The van der Waals surface area contributed by atoms with Gasteiger partial charge in [0.2, 0.25) is 0 Å². The number of aryl methyl sites for hydroxylation is 1. The number of carboxylic acids is 1. The van der Waals surface area contributed by atoms with Crippen LogP contribution in [0, 0.1) is 6.92 Å². The van der Waals surface area contributed by atoms with Crippen molar-refractivity contribution >= 4 is 11.7 Å². The highest BCUT2D eigenvalue weighted by atomic mass is 16.5. The molecule has 19 heavy (non-hydrogen) atoms. The molecule has 0 aliphatic heterocycles. The van der Waals surface area contributed by atoms with Crippen LogP contribution in [-0.2, 0) is 9.47 Å². The number of aromatic carboxylic acids is 1. The van der Waals surface area contributed by atoms with E-state index in [0.29, 0.717) is 18.8 Å².